The third-order valence-electron chi connectivity index (χ3n) is 10.7. The lowest BCUT2D eigenvalue weighted by atomic mass is 10.1. The van der Waals surface area contributed by atoms with E-state index < -0.39 is 18.1 Å². The van der Waals surface area contributed by atoms with Crippen LogP contribution in [0, 0.1) is 0 Å². The van der Waals surface area contributed by atoms with E-state index in [2.05, 4.69) is 62.5 Å². The first-order valence-corrected chi connectivity index (χ1v) is 24.2. The average molecular weight is 830 g/mol. The van der Waals surface area contributed by atoms with Crippen molar-refractivity contribution in [2.24, 2.45) is 0 Å². The Labute approximate surface area is 363 Å². The fourth-order valence-electron chi connectivity index (χ4n) is 6.92. The average Bonchev–Trinajstić information content (AvgIpc) is 3.19. The van der Waals surface area contributed by atoms with E-state index in [1.807, 2.05) is 0 Å². The van der Waals surface area contributed by atoms with Crippen molar-refractivity contribution in [1.29, 1.82) is 0 Å². The second-order valence-electron chi connectivity index (χ2n) is 17.4. The SMILES string of the molecule is CCCCC/C=C/C/C=C/CCCCCCCCCC(=O)OC(COCCC(C(=O)[O-])[N+](C)(C)C)COC(=O)CCCCCCC/C=C/C=C/CCCCCCCCC. The topological polar surface area (TPSA) is 102 Å². The molecule has 0 aromatic heterocycles. The fourth-order valence-corrected chi connectivity index (χ4v) is 6.92. The van der Waals surface area contributed by atoms with Crippen LogP contribution in [0.15, 0.2) is 48.6 Å². The van der Waals surface area contributed by atoms with Crippen molar-refractivity contribution < 1.29 is 38.2 Å². The highest BCUT2D eigenvalue weighted by Crippen LogP contribution is 2.14. The number of ether oxygens (including phenoxy) is 3. The lowest BCUT2D eigenvalue weighted by Crippen LogP contribution is -2.55. The highest BCUT2D eigenvalue weighted by molar-refractivity contribution is 5.70. The molecule has 0 saturated carbocycles. The molecule has 2 atom stereocenters. The summed E-state index contributed by atoms with van der Waals surface area (Å²) in [6.07, 6.45) is 49.9. The van der Waals surface area contributed by atoms with Gasteiger partial charge in [-0.2, -0.15) is 0 Å². The second kappa shape index (κ2) is 42.0. The molecule has 0 heterocycles. The van der Waals surface area contributed by atoms with Gasteiger partial charge in [0.05, 0.1) is 40.3 Å². The van der Waals surface area contributed by atoms with Gasteiger partial charge in [-0.05, 0) is 70.6 Å². The zero-order valence-electron chi connectivity index (χ0n) is 38.9. The number of hydrogen-bond donors (Lipinski definition) is 0. The first kappa shape index (κ1) is 56.3. The molecule has 2 unspecified atom stereocenters. The molecule has 59 heavy (non-hydrogen) atoms. The number of unbranched alkanes of at least 4 members (excludes halogenated alkanes) is 22. The molecule has 0 radical (unpaired) electrons. The summed E-state index contributed by atoms with van der Waals surface area (Å²) in [5.41, 5.74) is 0. The van der Waals surface area contributed by atoms with Gasteiger partial charge in [-0.15, -0.1) is 0 Å². The van der Waals surface area contributed by atoms with Gasteiger partial charge in [-0.25, -0.2) is 0 Å². The molecule has 0 aliphatic rings. The van der Waals surface area contributed by atoms with Gasteiger partial charge >= 0.3 is 11.9 Å². The minimum atomic E-state index is -1.13. The maximum atomic E-state index is 12.7. The maximum absolute atomic E-state index is 12.7. The molecule has 0 aromatic rings. The van der Waals surface area contributed by atoms with Gasteiger partial charge in [0.25, 0.3) is 0 Å². The van der Waals surface area contributed by atoms with Gasteiger partial charge in [0.1, 0.15) is 12.6 Å². The van der Waals surface area contributed by atoms with Crippen LogP contribution >= 0.6 is 0 Å². The molecule has 0 bridgehead atoms. The number of aliphatic carboxylic acids is 1. The molecule has 0 rings (SSSR count). The van der Waals surface area contributed by atoms with Crippen molar-refractivity contribution >= 4 is 17.9 Å². The van der Waals surface area contributed by atoms with Crippen LogP contribution in [0.1, 0.15) is 206 Å². The van der Waals surface area contributed by atoms with Gasteiger partial charge in [-0.3, -0.25) is 9.59 Å². The summed E-state index contributed by atoms with van der Waals surface area (Å²) in [6, 6.07) is -0.731. The van der Waals surface area contributed by atoms with Crippen LogP contribution in [0.2, 0.25) is 0 Å². The Bertz CT molecular complexity index is 1110. The molecule has 0 N–H and O–H groups in total. The molecule has 8 nitrogen and oxygen atoms in total. The van der Waals surface area contributed by atoms with Gasteiger partial charge in [0, 0.05) is 19.3 Å². The summed E-state index contributed by atoms with van der Waals surface area (Å²) in [5.74, 6) is -1.76. The lowest BCUT2D eigenvalue weighted by molar-refractivity contribution is -0.889. The van der Waals surface area contributed by atoms with Crippen LogP contribution in [0.3, 0.4) is 0 Å². The predicted octanol–water partition coefficient (Wildman–Crippen LogP) is 12.3. The molecular weight excluding hydrogens is 739 g/mol. The predicted molar refractivity (Wildman–Crippen MR) is 245 cm³/mol. The van der Waals surface area contributed by atoms with Crippen LogP contribution in [0.5, 0.6) is 0 Å². The number of hydrogen-bond acceptors (Lipinski definition) is 7. The Hall–Kier alpha value is -2.71. The Kier molecular flexibility index (Phi) is 40.1. The minimum absolute atomic E-state index is 0.0320. The molecule has 8 heteroatoms. The second-order valence-corrected chi connectivity index (χ2v) is 17.4. The van der Waals surface area contributed by atoms with Crippen LogP contribution in [0.4, 0.5) is 0 Å². The summed E-state index contributed by atoms with van der Waals surface area (Å²) in [7, 11) is 5.40. The Morgan fingerprint density at radius 1 is 0.525 bits per heavy atom. The summed E-state index contributed by atoms with van der Waals surface area (Å²) < 4.78 is 17.2. The van der Waals surface area contributed by atoms with Gasteiger partial charge in [0.15, 0.2) is 6.10 Å². The first-order chi connectivity index (χ1) is 28.6. The third kappa shape index (κ3) is 40.5. The molecule has 0 aliphatic carbocycles. The minimum Gasteiger partial charge on any atom is -0.544 e. The molecule has 0 aromatic carbocycles. The lowest BCUT2D eigenvalue weighted by Gasteiger charge is -2.34. The third-order valence-corrected chi connectivity index (χ3v) is 10.7. The number of carbonyl (C=O) groups is 3. The number of carbonyl (C=O) groups excluding carboxylic acids is 3. The van der Waals surface area contributed by atoms with Gasteiger partial charge in [0.2, 0.25) is 0 Å². The highest BCUT2D eigenvalue weighted by atomic mass is 16.6. The van der Waals surface area contributed by atoms with Crippen LogP contribution in [0.25, 0.3) is 0 Å². The summed E-state index contributed by atoms with van der Waals surface area (Å²) in [6.45, 7) is 4.62. The molecule has 0 amide bonds. The smallest absolute Gasteiger partial charge is 0.306 e. The van der Waals surface area contributed by atoms with Crippen LogP contribution < -0.4 is 5.11 Å². The number of carboxylic acid groups (broad SMARTS) is 1. The van der Waals surface area contributed by atoms with E-state index >= 15 is 0 Å². The first-order valence-electron chi connectivity index (χ1n) is 24.2. The number of allylic oxidation sites excluding steroid dienone is 8. The van der Waals surface area contributed by atoms with E-state index in [-0.39, 0.29) is 42.7 Å². The summed E-state index contributed by atoms with van der Waals surface area (Å²) >= 11 is 0. The molecule has 342 valence electrons. The summed E-state index contributed by atoms with van der Waals surface area (Å²) in [4.78, 5) is 36.9. The molecule has 0 aliphatic heterocycles. The van der Waals surface area contributed by atoms with Gasteiger partial charge in [-0.1, -0.05) is 165 Å². The van der Waals surface area contributed by atoms with E-state index in [0.717, 1.165) is 70.6 Å². The number of carboxylic acids is 1. The number of nitrogens with zero attached hydrogens (tertiary/aromatic N) is 1. The highest BCUT2D eigenvalue weighted by Gasteiger charge is 2.25. The molecule has 0 saturated heterocycles. The van der Waals surface area contributed by atoms with Gasteiger partial charge < -0.3 is 28.6 Å². The monoisotopic (exact) mass is 830 g/mol. The van der Waals surface area contributed by atoms with Crippen molar-refractivity contribution in [3.05, 3.63) is 48.6 Å². The normalized spacial score (nSPS) is 13.3. The number of likely N-dealkylation sites (N-methyl/N-ethyl adjacent to an activating group) is 1. The number of rotatable bonds is 43. The summed E-state index contributed by atoms with van der Waals surface area (Å²) in [5, 5.41) is 11.6. The zero-order chi connectivity index (χ0) is 43.5. The fraction of sp³-hybridized carbons (Fsp3) is 0.784. The zero-order valence-corrected chi connectivity index (χ0v) is 38.9. The van der Waals surface area contributed by atoms with E-state index in [4.69, 9.17) is 14.2 Å². The molecule has 0 fully saturated rings. The van der Waals surface area contributed by atoms with Crippen molar-refractivity contribution in [1.82, 2.24) is 0 Å². The van der Waals surface area contributed by atoms with Crippen molar-refractivity contribution in [2.45, 2.75) is 219 Å². The molecule has 0 spiro atoms. The number of esters is 2. The Balaban J connectivity index is 4.34. The molecular formula is C51H91NO7. The number of quaternary nitrogens is 1. The van der Waals surface area contributed by atoms with E-state index in [9.17, 15) is 19.5 Å². The van der Waals surface area contributed by atoms with Crippen molar-refractivity contribution in [2.75, 3.05) is 41.0 Å². The van der Waals surface area contributed by atoms with Crippen LogP contribution in [-0.4, -0.2) is 75.5 Å². The Morgan fingerprint density at radius 3 is 1.44 bits per heavy atom. The van der Waals surface area contributed by atoms with E-state index in [1.54, 1.807) is 21.1 Å². The quantitative estimate of drug-likeness (QED) is 0.0198. The van der Waals surface area contributed by atoms with Crippen molar-refractivity contribution in [3.63, 3.8) is 0 Å². The van der Waals surface area contributed by atoms with E-state index in [0.29, 0.717) is 12.8 Å². The Morgan fingerprint density at radius 2 is 0.949 bits per heavy atom. The van der Waals surface area contributed by atoms with Crippen LogP contribution in [-0.2, 0) is 28.6 Å². The standard InChI is InChI=1S/C51H91NO7/c1-6-8-10-12-14-16-18-20-22-24-26-27-29-31-33-35-37-39-41-49(53)58-46-47(45-57-44-43-48(51(55)56)52(3,4)5)59-50(54)42-40-38-36-34-32-30-28-25-23-21-19-17-15-13-11-9-7-2/h15,17,21-24,26-27,47-48H,6-14,16,18-20,25,28-46H2,1-5H3/b17-15+,23-21+,24-22+,27-26+. The largest absolute Gasteiger partial charge is 0.544 e. The van der Waals surface area contributed by atoms with Crippen molar-refractivity contribution in [3.8, 4) is 0 Å². The van der Waals surface area contributed by atoms with E-state index in [1.165, 1.54) is 103 Å². The maximum Gasteiger partial charge on any atom is 0.306 e.